The molecule has 0 atom stereocenters. The molecule has 5 rings (SSSR count). The van der Waals surface area contributed by atoms with E-state index in [2.05, 4.69) is 12.1 Å². The molecule has 0 bridgehead atoms. The molecule has 0 saturated carbocycles. The van der Waals surface area contributed by atoms with E-state index in [1.165, 1.54) is 11.1 Å². The van der Waals surface area contributed by atoms with Gasteiger partial charge in [-0.2, -0.15) is 0 Å². The van der Waals surface area contributed by atoms with Crippen LogP contribution in [-0.2, 0) is 17.9 Å². The number of piperidine rings is 1. The SMILES string of the molecule is Cc1ccc(C(=O)N2Cc3ccccc3C2)c(C2CCN(C(=O)C=Cc3cc(C)c(C)o3)CC2)n1. The highest BCUT2D eigenvalue weighted by Crippen LogP contribution is 2.32. The fraction of sp³-hybridized carbons (Fsp3) is 0.345. The summed E-state index contributed by atoms with van der Waals surface area (Å²) in [7, 11) is 0. The number of benzene rings is 1. The van der Waals surface area contributed by atoms with Crippen molar-refractivity contribution in [3.05, 3.63) is 93.7 Å². The minimum absolute atomic E-state index is 0.0153. The topological polar surface area (TPSA) is 66.7 Å². The third-order valence-corrected chi connectivity index (χ3v) is 7.19. The van der Waals surface area contributed by atoms with E-state index in [1.54, 1.807) is 12.2 Å². The molecule has 2 aliphatic rings. The molecule has 0 aliphatic carbocycles. The minimum Gasteiger partial charge on any atom is -0.462 e. The first-order valence-corrected chi connectivity index (χ1v) is 12.3. The zero-order valence-electron chi connectivity index (χ0n) is 20.6. The maximum Gasteiger partial charge on any atom is 0.256 e. The van der Waals surface area contributed by atoms with Gasteiger partial charge in [-0.3, -0.25) is 14.6 Å². The summed E-state index contributed by atoms with van der Waals surface area (Å²) in [6.45, 7) is 8.42. The second kappa shape index (κ2) is 9.53. The van der Waals surface area contributed by atoms with Gasteiger partial charge in [-0.1, -0.05) is 24.3 Å². The van der Waals surface area contributed by atoms with Crippen LogP contribution in [0.15, 0.2) is 53.0 Å². The van der Waals surface area contributed by atoms with Crippen LogP contribution < -0.4 is 0 Å². The van der Waals surface area contributed by atoms with Gasteiger partial charge in [0.25, 0.3) is 5.91 Å². The largest absolute Gasteiger partial charge is 0.462 e. The number of pyridine rings is 1. The highest BCUT2D eigenvalue weighted by Gasteiger charge is 2.30. The molecule has 35 heavy (non-hydrogen) atoms. The number of aryl methyl sites for hydroxylation is 3. The van der Waals surface area contributed by atoms with Gasteiger partial charge in [0, 0.05) is 43.9 Å². The molecule has 2 amide bonds. The molecule has 1 aromatic carbocycles. The predicted molar refractivity (Wildman–Crippen MR) is 135 cm³/mol. The number of likely N-dealkylation sites (tertiary alicyclic amines) is 1. The Labute approximate surface area is 206 Å². The lowest BCUT2D eigenvalue weighted by Gasteiger charge is -2.32. The molecule has 0 radical (unpaired) electrons. The lowest BCUT2D eigenvalue weighted by Crippen LogP contribution is -2.37. The summed E-state index contributed by atoms with van der Waals surface area (Å²) >= 11 is 0. The van der Waals surface area contributed by atoms with E-state index in [4.69, 9.17) is 9.40 Å². The number of hydrogen-bond acceptors (Lipinski definition) is 4. The van der Waals surface area contributed by atoms with Gasteiger partial charge in [-0.15, -0.1) is 0 Å². The highest BCUT2D eigenvalue weighted by molar-refractivity contribution is 5.96. The Morgan fingerprint density at radius 3 is 2.29 bits per heavy atom. The Morgan fingerprint density at radius 2 is 1.66 bits per heavy atom. The first-order chi connectivity index (χ1) is 16.9. The maximum absolute atomic E-state index is 13.5. The molecule has 1 saturated heterocycles. The monoisotopic (exact) mass is 469 g/mol. The van der Waals surface area contributed by atoms with Crippen LogP contribution in [0.4, 0.5) is 0 Å². The summed E-state index contributed by atoms with van der Waals surface area (Å²) in [6, 6.07) is 14.0. The van der Waals surface area contributed by atoms with Gasteiger partial charge in [0.1, 0.15) is 11.5 Å². The van der Waals surface area contributed by atoms with Gasteiger partial charge in [0.05, 0.1) is 11.3 Å². The van der Waals surface area contributed by atoms with Crippen molar-refractivity contribution < 1.29 is 14.0 Å². The molecule has 2 aromatic heterocycles. The molecular formula is C29H31N3O3. The smallest absolute Gasteiger partial charge is 0.256 e. The normalized spacial score (nSPS) is 16.2. The first-order valence-electron chi connectivity index (χ1n) is 12.3. The number of nitrogens with zero attached hydrogens (tertiary/aromatic N) is 3. The van der Waals surface area contributed by atoms with E-state index in [9.17, 15) is 9.59 Å². The summed E-state index contributed by atoms with van der Waals surface area (Å²) < 4.78 is 5.63. The third kappa shape index (κ3) is 4.78. The average molecular weight is 470 g/mol. The molecule has 6 heteroatoms. The van der Waals surface area contributed by atoms with E-state index >= 15 is 0 Å². The number of carbonyl (C=O) groups excluding carboxylic acids is 2. The fourth-order valence-electron chi connectivity index (χ4n) is 5.03. The molecule has 1 fully saturated rings. The summed E-state index contributed by atoms with van der Waals surface area (Å²) in [6.07, 6.45) is 4.90. The van der Waals surface area contributed by atoms with Crippen molar-refractivity contribution in [1.29, 1.82) is 0 Å². The van der Waals surface area contributed by atoms with Crippen LogP contribution in [0.3, 0.4) is 0 Å². The van der Waals surface area contributed by atoms with Crippen LogP contribution in [0, 0.1) is 20.8 Å². The Balaban J connectivity index is 1.26. The minimum atomic E-state index is -0.0153. The first kappa shape index (κ1) is 23.1. The summed E-state index contributed by atoms with van der Waals surface area (Å²) in [5.41, 5.74) is 5.97. The zero-order chi connectivity index (χ0) is 24.5. The number of aromatic nitrogens is 1. The van der Waals surface area contributed by atoms with Gasteiger partial charge >= 0.3 is 0 Å². The van der Waals surface area contributed by atoms with Crippen LogP contribution in [0.1, 0.15) is 68.7 Å². The van der Waals surface area contributed by atoms with Crippen LogP contribution >= 0.6 is 0 Å². The molecule has 3 aromatic rings. The van der Waals surface area contributed by atoms with Gasteiger partial charge < -0.3 is 14.2 Å². The maximum atomic E-state index is 13.5. The van der Waals surface area contributed by atoms with E-state index in [0.29, 0.717) is 37.5 Å². The number of carbonyl (C=O) groups is 2. The van der Waals surface area contributed by atoms with Gasteiger partial charge in [0.2, 0.25) is 5.91 Å². The van der Waals surface area contributed by atoms with Crippen molar-refractivity contribution in [2.24, 2.45) is 0 Å². The predicted octanol–water partition coefficient (Wildman–Crippen LogP) is 5.18. The van der Waals surface area contributed by atoms with Crippen molar-refractivity contribution in [2.45, 2.75) is 52.6 Å². The van der Waals surface area contributed by atoms with Crippen molar-refractivity contribution >= 4 is 17.9 Å². The molecule has 2 aliphatic heterocycles. The van der Waals surface area contributed by atoms with Gasteiger partial charge in [-0.25, -0.2) is 0 Å². The Bertz CT molecular complexity index is 1250. The number of furan rings is 1. The van der Waals surface area contributed by atoms with Crippen molar-refractivity contribution in [3.8, 4) is 0 Å². The second-order valence-corrected chi connectivity index (χ2v) is 9.64. The van der Waals surface area contributed by atoms with E-state index < -0.39 is 0 Å². The lowest BCUT2D eigenvalue weighted by molar-refractivity contribution is -0.127. The quantitative estimate of drug-likeness (QED) is 0.494. The van der Waals surface area contributed by atoms with Crippen LogP contribution in [0.25, 0.3) is 6.08 Å². The van der Waals surface area contributed by atoms with Crippen LogP contribution in [0.2, 0.25) is 0 Å². The molecule has 6 nitrogen and oxygen atoms in total. The lowest BCUT2D eigenvalue weighted by atomic mass is 9.89. The van der Waals surface area contributed by atoms with E-state index in [1.807, 2.05) is 60.9 Å². The number of hydrogen-bond donors (Lipinski definition) is 0. The number of rotatable bonds is 4. The fourth-order valence-corrected chi connectivity index (χ4v) is 5.03. The Hall–Kier alpha value is -3.67. The van der Waals surface area contributed by atoms with Crippen molar-refractivity contribution in [2.75, 3.05) is 13.1 Å². The van der Waals surface area contributed by atoms with Crippen LogP contribution in [-0.4, -0.2) is 39.7 Å². The molecular weight excluding hydrogens is 438 g/mol. The van der Waals surface area contributed by atoms with Gasteiger partial charge in [-0.05, 0) is 74.6 Å². The number of amides is 2. The average Bonchev–Trinajstić information content (AvgIpc) is 3.44. The molecule has 0 unspecified atom stereocenters. The second-order valence-electron chi connectivity index (χ2n) is 9.64. The van der Waals surface area contributed by atoms with Crippen molar-refractivity contribution in [1.82, 2.24) is 14.8 Å². The Morgan fingerprint density at radius 1 is 0.971 bits per heavy atom. The zero-order valence-corrected chi connectivity index (χ0v) is 20.6. The van der Waals surface area contributed by atoms with Crippen molar-refractivity contribution in [3.63, 3.8) is 0 Å². The highest BCUT2D eigenvalue weighted by atomic mass is 16.3. The summed E-state index contributed by atoms with van der Waals surface area (Å²) in [4.78, 5) is 34.8. The van der Waals surface area contributed by atoms with Crippen LogP contribution in [0.5, 0.6) is 0 Å². The molecule has 0 N–H and O–H groups in total. The summed E-state index contributed by atoms with van der Waals surface area (Å²) in [5.74, 6) is 1.74. The molecule has 0 spiro atoms. The Kier molecular flexibility index (Phi) is 6.29. The summed E-state index contributed by atoms with van der Waals surface area (Å²) in [5, 5.41) is 0. The molecule has 4 heterocycles. The molecule has 180 valence electrons. The third-order valence-electron chi connectivity index (χ3n) is 7.19. The number of fused-ring (bicyclic) bond motifs is 1. The van der Waals surface area contributed by atoms with E-state index in [0.717, 1.165) is 35.6 Å². The van der Waals surface area contributed by atoms with Gasteiger partial charge in [0.15, 0.2) is 0 Å². The standard InChI is InChI=1S/C29H31N3O3/c1-19-16-25(35-21(19)3)9-11-27(33)31-14-12-22(13-15-31)28-26(10-8-20(2)30-28)29(34)32-17-23-6-4-5-7-24(23)18-32/h4-11,16,22H,12-15,17-18H2,1-3H3. The van der Waals surface area contributed by atoms with E-state index in [-0.39, 0.29) is 17.7 Å².